The summed E-state index contributed by atoms with van der Waals surface area (Å²) < 4.78 is 27.1. The maximum atomic E-state index is 12.2. The van der Waals surface area contributed by atoms with Crippen molar-refractivity contribution in [1.29, 1.82) is 0 Å². The maximum Gasteiger partial charge on any atom is 0.242 e. The van der Waals surface area contributed by atoms with Crippen LogP contribution in [0.4, 0.5) is 5.69 Å². The second-order valence-corrected chi connectivity index (χ2v) is 7.50. The van der Waals surface area contributed by atoms with Crippen molar-refractivity contribution in [1.82, 2.24) is 4.72 Å². The summed E-state index contributed by atoms with van der Waals surface area (Å²) in [4.78, 5) is 0.185. The molecule has 1 rings (SSSR count). The molecule has 4 nitrogen and oxygen atoms in total. The number of benzene rings is 1. The Morgan fingerprint density at radius 2 is 1.75 bits per heavy atom. The van der Waals surface area contributed by atoms with Gasteiger partial charge in [0.1, 0.15) is 4.90 Å². The molecule has 5 heteroatoms. The summed E-state index contributed by atoms with van der Waals surface area (Å²) in [6.07, 6.45) is 3.00. The van der Waals surface area contributed by atoms with E-state index in [-0.39, 0.29) is 4.90 Å². The molecule has 0 aromatic heterocycles. The van der Waals surface area contributed by atoms with Gasteiger partial charge >= 0.3 is 0 Å². The van der Waals surface area contributed by atoms with Crippen LogP contribution in [0.1, 0.15) is 44.2 Å². The van der Waals surface area contributed by atoms with Crippen molar-refractivity contribution in [3.05, 3.63) is 23.3 Å². The predicted octanol–water partition coefficient (Wildman–Crippen LogP) is 2.99. The van der Waals surface area contributed by atoms with Gasteiger partial charge in [-0.15, -0.1) is 0 Å². The van der Waals surface area contributed by atoms with Crippen molar-refractivity contribution in [3.8, 4) is 0 Å². The summed E-state index contributed by atoms with van der Waals surface area (Å²) in [5, 5.41) is 0. The van der Waals surface area contributed by atoms with Gasteiger partial charge in [-0.25, -0.2) is 13.1 Å². The average Bonchev–Trinajstić information content (AvgIpc) is 2.32. The Labute approximate surface area is 122 Å². The van der Waals surface area contributed by atoms with Crippen LogP contribution in [0.25, 0.3) is 0 Å². The first-order chi connectivity index (χ1) is 9.24. The number of aryl methyl sites for hydroxylation is 2. The van der Waals surface area contributed by atoms with Crippen LogP contribution in [0.2, 0.25) is 0 Å². The van der Waals surface area contributed by atoms with Gasteiger partial charge in [-0.05, 0) is 49.4 Å². The molecule has 0 atom stereocenters. The fraction of sp³-hybridized carbons (Fsp3) is 0.600. The second kappa shape index (κ2) is 7.09. The zero-order chi connectivity index (χ0) is 15.3. The van der Waals surface area contributed by atoms with Crippen molar-refractivity contribution in [2.24, 2.45) is 5.92 Å². The summed E-state index contributed by atoms with van der Waals surface area (Å²) in [7, 11) is -3.51. The van der Waals surface area contributed by atoms with Crippen LogP contribution in [0.3, 0.4) is 0 Å². The zero-order valence-electron chi connectivity index (χ0n) is 12.9. The highest BCUT2D eigenvalue weighted by Crippen LogP contribution is 2.22. The highest BCUT2D eigenvalue weighted by molar-refractivity contribution is 7.89. The van der Waals surface area contributed by atoms with E-state index in [2.05, 4.69) is 18.6 Å². The number of nitrogens with one attached hydrogen (secondary N) is 1. The number of sulfonamides is 1. The van der Waals surface area contributed by atoms with Gasteiger partial charge in [0.15, 0.2) is 0 Å². The number of rotatable bonds is 7. The fourth-order valence-corrected chi connectivity index (χ4v) is 3.28. The standard InChI is InChI=1S/C15H26N2O2S/c1-11(2)7-5-6-8-17-20(18,19)15-10-13(4)12(3)9-14(15)16/h9-11,17H,5-8,16H2,1-4H3. The summed E-state index contributed by atoms with van der Waals surface area (Å²) in [5.41, 5.74) is 8.06. The third kappa shape index (κ3) is 4.80. The third-order valence-corrected chi connectivity index (χ3v) is 4.93. The molecule has 3 N–H and O–H groups in total. The van der Waals surface area contributed by atoms with Gasteiger partial charge in [0.25, 0.3) is 0 Å². The highest BCUT2D eigenvalue weighted by atomic mass is 32.2. The molecule has 0 bridgehead atoms. The molecule has 0 spiro atoms. The summed E-state index contributed by atoms with van der Waals surface area (Å²) in [6, 6.07) is 3.35. The Kier molecular flexibility index (Phi) is 6.02. The van der Waals surface area contributed by atoms with E-state index in [1.54, 1.807) is 12.1 Å². The molecule has 0 aliphatic heterocycles. The van der Waals surface area contributed by atoms with E-state index in [0.29, 0.717) is 18.2 Å². The van der Waals surface area contributed by atoms with Crippen LogP contribution < -0.4 is 10.5 Å². The molecule has 0 amide bonds. The number of anilines is 1. The lowest BCUT2D eigenvalue weighted by molar-refractivity contribution is 0.530. The Balaban J connectivity index is 2.68. The Bertz CT molecular complexity index is 551. The van der Waals surface area contributed by atoms with Gasteiger partial charge in [0.2, 0.25) is 10.0 Å². The van der Waals surface area contributed by atoms with E-state index < -0.39 is 10.0 Å². The third-order valence-electron chi connectivity index (χ3n) is 3.42. The van der Waals surface area contributed by atoms with Gasteiger partial charge in [-0.2, -0.15) is 0 Å². The van der Waals surface area contributed by atoms with Crippen molar-refractivity contribution >= 4 is 15.7 Å². The van der Waals surface area contributed by atoms with Crippen LogP contribution in [0.15, 0.2) is 17.0 Å². The molecule has 20 heavy (non-hydrogen) atoms. The molecule has 0 fully saturated rings. The van der Waals surface area contributed by atoms with E-state index in [1.807, 2.05) is 13.8 Å². The van der Waals surface area contributed by atoms with Crippen molar-refractivity contribution < 1.29 is 8.42 Å². The molecule has 1 aromatic rings. The number of hydrogen-bond acceptors (Lipinski definition) is 3. The van der Waals surface area contributed by atoms with Crippen molar-refractivity contribution in [2.75, 3.05) is 12.3 Å². The molecule has 0 saturated carbocycles. The first-order valence-electron chi connectivity index (χ1n) is 7.10. The number of nitrogens with two attached hydrogens (primary N) is 1. The SMILES string of the molecule is Cc1cc(N)c(S(=O)(=O)NCCCCC(C)C)cc1C. The molecule has 0 aliphatic rings. The summed E-state index contributed by atoms with van der Waals surface area (Å²) in [6.45, 7) is 8.60. The Hall–Kier alpha value is -1.07. The highest BCUT2D eigenvalue weighted by Gasteiger charge is 2.17. The minimum Gasteiger partial charge on any atom is -0.398 e. The number of nitrogen functional groups attached to an aromatic ring is 1. The first kappa shape index (κ1) is 17.0. The normalized spacial score (nSPS) is 12.1. The Morgan fingerprint density at radius 3 is 2.35 bits per heavy atom. The van der Waals surface area contributed by atoms with Gasteiger partial charge in [-0.1, -0.05) is 26.7 Å². The Morgan fingerprint density at radius 1 is 1.15 bits per heavy atom. The smallest absolute Gasteiger partial charge is 0.242 e. The van der Waals surface area contributed by atoms with Crippen molar-refractivity contribution in [3.63, 3.8) is 0 Å². The van der Waals surface area contributed by atoms with Gasteiger partial charge in [-0.3, -0.25) is 0 Å². The predicted molar refractivity (Wildman–Crippen MR) is 84.2 cm³/mol. The van der Waals surface area contributed by atoms with E-state index in [4.69, 9.17) is 5.73 Å². The largest absolute Gasteiger partial charge is 0.398 e. The maximum absolute atomic E-state index is 12.2. The molecule has 0 saturated heterocycles. The van der Waals surface area contributed by atoms with Crippen LogP contribution in [-0.4, -0.2) is 15.0 Å². The van der Waals surface area contributed by atoms with Crippen LogP contribution in [-0.2, 0) is 10.0 Å². The molecule has 0 radical (unpaired) electrons. The monoisotopic (exact) mass is 298 g/mol. The number of hydrogen-bond donors (Lipinski definition) is 2. The minimum absolute atomic E-state index is 0.185. The number of unbranched alkanes of at least 4 members (excludes halogenated alkanes) is 1. The molecule has 0 unspecified atom stereocenters. The molecule has 114 valence electrons. The van der Waals surface area contributed by atoms with Gasteiger partial charge < -0.3 is 5.73 Å². The minimum atomic E-state index is -3.51. The van der Waals surface area contributed by atoms with Gasteiger partial charge in [0, 0.05) is 6.54 Å². The molecule has 0 aliphatic carbocycles. The lowest BCUT2D eigenvalue weighted by atomic mass is 10.1. The summed E-state index contributed by atoms with van der Waals surface area (Å²) in [5.74, 6) is 0.655. The second-order valence-electron chi connectivity index (χ2n) is 5.76. The lowest BCUT2D eigenvalue weighted by Gasteiger charge is -2.12. The topological polar surface area (TPSA) is 72.2 Å². The fourth-order valence-electron chi connectivity index (χ4n) is 2.01. The van der Waals surface area contributed by atoms with Crippen LogP contribution in [0.5, 0.6) is 0 Å². The average molecular weight is 298 g/mol. The lowest BCUT2D eigenvalue weighted by Crippen LogP contribution is -2.25. The first-order valence-corrected chi connectivity index (χ1v) is 8.58. The van der Waals surface area contributed by atoms with Crippen LogP contribution >= 0.6 is 0 Å². The van der Waals surface area contributed by atoms with Gasteiger partial charge in [0.05, 0.1) is 5.69 Å². The quantitative estimate of drug-likeness (QED) is 0.600. The van der Waals surface area contributed by atoms with E-state index in [9.17, 15) is 8.42 Å². The van der Waals surface area contributed by atoms with E-state index in [1.165, 1.54) is 0 Å². The summed E-state index contributed by atoms with van der Waals surface area (Å²) >= 11 is 0. The van der Waals surface area contributed by atoms with E-state index in [0.717, 1.165) is 30.4 Å². The van der Waals surface area contributed by atoms with Crippen molar-refractivity contribution in [2.45, 2.75) is 51.9 Å². The molecular weight excluding hydrogens is 272 g/mol. The molecular formula is C15H26N2O2S. The van der Waals surface area contributed by atoms with E-state index >= 15 is 0 Å². The zero-order valence-corrected chi connectivity index (χ0v) is 13.7. The van der Waals surface area contributed by atoms with Crippen LogP contribution in [0, 0.1) is 19.8 Å². The molecule has 1 aromatic carbocycles. The molecule has 0 heterocycles.